The number of carboxylic acids is 1. The number of aromatic nitrogens is 1. The van der Waals surface area contributed by atoms with Crippen molar-refractivity contribution in [2.24, 2.45) is 0 Å². The molecule has 1 heterocycles. The quantitative estimate of drug-likeness (QED) is 0.191. The maximum Gasteiger partial charge on any atom is 1.00 e. The van der Waals surface area contributed by atoms with Gasteiger partial charge in [-0.25, -0.2) is 8.78 Å². The van der Waals surface area contributed by atoms with Crippen LogP contribution in [-0.2, 0) is 4.79 Å². The Morgan fingerprint density at radius 3 is 1.91 bits per heavy atom. The number of methoxy groups -OCH3 is 1. The normalized spacial score (nSPS) is 13.2. The Labute approximate surface area is 295 Å². The summed E-state index contributed by atoms with van der Waals surface area (Å²) in [7, 11) is 1.57. The maximum atomic E-state index is 14.3. The van der Waals surface area contributed by atoms with Crippen LogP contribution >= 0.6 is 0 Å². The SMILES string of the molecule is COc1ccc([C@H](C)NC(=O)c2c(-c3ccc(F)cc3)c(-c3ccc(F)cc3)c(/C=C/[C@@H](O)C[C@@H](O)CC(=O)[O-])n2C(C)C)cc1.[Na+]. The Kier molecular flexibility index (Phi) is 13.5. The van der Waals surface area contributed by atoms with Crippen molar-refractivity contribution in [2.45, 2.75) is 57.9 Å². The van der Waals surface area contributed by atoms with Crippen molar-refractivity contribution >= 4 is 18.0 Å². The van der Waals surface area contributed by atoms with Crippen molar-refractivity contribution < 1.29 is 68.0 Å². The van der Waals surface area contributed by atoms with Crippen molar-refractivity contribution in [1.82, 2.24) is 9.88 Å². The summed E-state index contributed by atoms with van der Waals surface area (Å²) < 4.78 is 35.2. The van der Waals surface area contributed by atoms with Crippen LogP contribution in [0, 0.1) is 11.6 Å². The molecule has 47 heavy (non-hydrogen) atoms. The van der Waals surface area contributed by atoms with E-state index in [1.54, 1.807) is 54.2 Å². The average molecular weight is 655 g/mol. The van der Waals surface area contributed by atoms with Gasteiger partial charge in [0.15, 0.2) is 0 Å². The number of hydrogen-bond acceptors (Lipinski definition) is 6. The molecule has 4 aromatic rings. The number of aliphatic hydroxyl groups is 2. The molecule has 1 aromatic heterocycles. The van der Waals surface area contributed by atoms with Crippen molar-refractivity contribution in [3.05, 3.63) is 107 Å². The number of nitrogens with one attached hydrogen (secondary N) is 1. The summed E-state index contributed by atoms with van der Waals surface area (Å²) in [6.45, 7) is 5.60. The summed E-state index contributed by atoms with van der Waals surface area (Å²) in [5, 5.41) is 34.7. The second kappa shape index (κ2) is 16.9. The number of benzene rings is 3. The number of halogens is 2. The third-order valence-corrected chi connectivity index (χ3v) is 7.60. The average Bonchev–Trinajstić information content (AvgIpc) is 3.36. The van der Waals surface area contributed by atoms with Gasteiger partial charge in [0, 0.05) is 41.7 Å². The Hall–Kier alpha value is -3.80. The van der Waals surface area contributed by atoms with Gasteiger partial charge in [-0.15, -0.1) is 0 Å². The van der Waals surface area contributed by atoms with E-state index in [2.05, 4.69) is 5.32 Å². The molecule has 0 aliphatic heterocycles. The third-order valence-electron chi connectivity index (χ3n) is 7.60. The van der Waals surface area contributed by atoms with Gasteiger partial charge in [0.25, 0.3) is 5.91 Å². The Morgan fingerprint density at radius 2 is 1.43 bits per heavy atom. The first-order chi connectivity index (χ1) is 21.9. The van der Waals surface area contributed by atoms with Crippen LogP contribution in [0.1, 0.15) is 67.4 Å². The summed E-state index contributed by atoms with van der Waals surface area (Å²) in [5.41, 5.74) is 3.65. The number of aliphatic hydroxyl groups excluding tert-OH is 2. The van der Waals surface area contributed by atoms with Gasteiger partial charge in [-0.3, -0.25) is 4.79 Å². The van der Waals surface area contributed by atoms with Gasteiger partial charge in [0.2, 0.25) is 0 Å². The van der Waals surface area contributed by atoms with Gasteiger partial charge in [-0.05, 0) is 79.9 Å². The third kappa shape index (κ3) is 9.39. The molecule has 0 spiro atoms. The monoisotopic (exact) mass is 654 g/mol. The molecule has 0 aliphatic rings. The van der Waals surface area contributed by atoms with Crippen molar-refractivity contribution in [3.8, 4) is 28.0 Å². The molecular formula is C36H37F2N2NaO6. The van der Waals surface area contributed by atoms with Crippen LogP contribution < -0.4 is 44.7 Å². The fraction of sp³-hybridized carbons (Fsp3) is 0.278. The van der Waals surface area contributed by atoms with E-state index < -0.39 is 48.2 Å². The van der Waals surface area contributed by atoms with Crippen LogP contribution in [0.2, 0.25) is 0 Å². The second-order valence-electron chi connectivity index (χ2n) is 11.3. The van der Waals surface area contributed by atoms with Gasteiger partial charge in [-0.1, -0.05) is 42.5 Å². The summed E-state index contributed by atoms with van der Waals surface area (Å²) >= 11 is 0. The minimum atomic E-state index is -1.44. The van der Waals surface area contributed by atoms with Gasteiger partial charge < -0.3 is 34.7 Å². The van der Waals surface area contributed by atoms with Crippen LogP contribution in [0.15, 0.2) is 78.9 Å². The van der Waals surface area contributed by atoms with Gasteiger partial charge >= 0.3 is 29.6 Å². The molecule has 11 heteroatoms. The molecule has 242 valence electrons. The van der Waals surface area contributed by atoms with E-state index in [-0.39, 0.29) is 47.7 Å². The number of carbonyl (C=O) groups excluding carboxylic acids is 2. The predicted molar refractivity (Wildman–Crippen MR) is 170 cm³/mol. The first kappa shape index (κ1) is 37.7. The zero-order valence-corrected chi connectivity index (χ0v) is 29.0. The van der Waals surface area contributed by atoms with Crippen molar-refractivity contribution in [1.29, 1.82) is 0 Å². The molecule has 0 saturated heterocycles. The molecule has 0 aliphatic carbocycles. The smallest absolute Gasteiger partial charge is 0.550 e. The molecule has 8 nitrogen and oxygen atoms in total. The second-order valence-corrected chi connectivity index (χ2v) is 11.3. The van der Waals surface area contributed by atoms with Crippen LogP contribution in [0.5, 0.6) is 5.75 Å². The zero-order chi connectivity index (χ0) is 33.5. The number of carboxylic acid groups (broad SMARTS) is 1. The van der Waals surface area contributed by atoms with E-state index in [1.165, 1.54) is 30.3 Å². The van der Waals surface area contributed by atoms with E-state index >= 15 is 0 Å². The molecule has 0 unspecified atom stereocenters. The zero-order valence-electron chi connectivity index (χ0n) is 27.0. The van der Waals surface area contributed by atoms with E-state index in [0.717, 1.165) is 5.56 Å². The number of rotatable bonds is 13. The Morgan fingerprint density at radius 1 is 0.894 bits per heavy atom. The summed E-state index contributed by atoms with van der Waals surface area (Å²) in [6.07, 6.45) is -0.501. The molecule has 4 rings (SSSR count). The molecule has 3 atom stereocenters. The van der Waals surface area contributed by atoms with Crippen LogP contribution in [0.3, 0.4) is 0 Å². The van der Waals surface area contributed by atoms with E-state index in [9.17, 15) is 33.7 Å². The summed E-state index contributed by atoms with van der Waals surface area (Å²) in [6, 6.07) is 18.0. The maximum absolute atomic E-state index is 14.3. The first-order valence-electron chi connectivity index (χ1n) is 14.9. The minimum Gasteiger partial charge on any atom is -0.550 e. The summed E-state index contributed by atoms with van der Waals surface area (Å²) in [5.74, 6) is -2.13. The van der Waals surface area contributed by atoms with Crippen molar-refractivity contribution in [3.63, 3.8) is 0 Å². The van der Waals surface area contributed by atoms with E-state index in [4.69, 9.17) is 4.74 Å². The topological polar surface area (TPSA) is 124 Å². The molecule has 1 amide bonds. The number of aliphatic carboxylic acids is 1. The van der Waals surface area contributed by atoms with Crippen LogP contribution in [0.4, 0.5) is 8.78 Å². The molecule has 0 saturated carbocycles. The fourth-order valence-corrected chi connectivity index (χ4v) is 5.41. The molecule has 3 N–H and O–H groups in total. The van der Waals surface area contributed by atoms with Gasteiger partial charge in [0.05, 0.1) is 25.4 Å². The molecule has 0 fully saturated rings. The number of amides is 1. The number of nitrogens with zero attached hydrogens (tertiary/aromatic N) is 1. The molecule has 3 aromatic carbocycles. The standard InChI is InChI=1S/C36H38F2N2O6.Na/c1-21(2)40-31(18-15-28(41)19-29(42)20-32(43)44)33(24-5-11-26(37)12-6-24)34(25-7-13-27(38)14-8-25)35(40)36(45)39-22(3)23-9-16-30(46-4)17-10-23;/h5-18,21-22,28-29,41-42H,19-20H2,1-4H3,(H,39,45)(H,43,44);/q;+1/p-1/b18-15+;/t22-,28+,29+;/m0./s1. The predicted octanol–water partition coefficient (Wildman–Crippen LogP) is 2.45. The molecular weight excluding hydrogens is 617 g/mol. The van der Waals surface area contributed by atoms with Crippen molar-refractivity contribution in [2.75, 3.05) is 7.11 Å². The van der Waals surface area contributed by atoms with Crippen LogP contribution in [0.25, 0.3) is 28.3 Å². The molecule has 0 radical (unpaired) electrons. The Balaban J connectivity index is 0.00000600. The number of carbonyl (C=O) groups is 2. The van der Waals surface area contributed by atoms with E-state index in [0.29, 0.717) is 33.7 Å². The minimum absolute atomic E-state index is 0. The Bertz CT molecular complexity index is 1690. The summed E-state index contributed by atoms with van der Waals surface area (Å²) in [4.78, 5) is 25.2. The number of hydrogen-bond donors (Lipinski definition) is 3. The molecule has 0 bridgehead atoms. The van der Waals surface area contributed by atoms with Crippen LogP contribution in [-0.4, -0.2) is 46.0 Å². The first-order valence-corrected chi connectivity index (χ1v) is 14.9. The number of ether oxygens (including phenoxy) is 1. The fourth-order valence-electron chi connectivity index (χ4n) is 5.41. The van der Waals surface area contributed by atoms with E-state index in [1.807, 2.05) is 32.9 Å². The largest absolute Gasteiger partial charge is 1.00 e. The van der Waals surface area contributed by atoms with Gasteiger partial charge in [-0.2, -0.15) is 0 Å². The van der Waals surface area contributed by atoms with Gasteiger partial charge in [0.1, 0.15) is 23.1 Å².